The fourth-order valence-electron chi connectivity index (χ4n) is 2.98. The van der Waals surface area contributed by atoms with Gasteiger partial charge in [0.1, 0.15) is 5.54 Å². The maximum Gasteiger partial charge on any atom is 0.329 e. The first-order valence-electron chi connectivity index (χ1n) is 7.30. The number of nitrogens with one attached hydrogen (secondary N) is 1. The second-order valence-corrected chi connectivity index (χ2v) is 5.62. The lowest BCUT2D eigenvalue weighted by atomic mass is 9.93. The normalized spacial score (nSPS) is 21.4. The van der Waals surface area contributed by atoms with Crippen molar-refractivity contribution in [3.63, 3.8) is 0 Å². The Kier molecular flexibility index (Phi) is 4.21. The molecule has 5 heteroatoms. The van der Waals surface area contributed by atoms with Crippen LogP contribution < -0.4 is 5.32 Å². The number of hydrogen-bond acceptors (Lipinski definition) is 2. The minimum Gasteiger partial charge on any atom is -0.479 e. The molecule has 1 aliphatic heterocycles. The highest BCUT2D eigenvalue weighted by molar-refractivity contribution is 5.95. The van der Waals surface area contributed by atoms with E-state index in [0.717, 1.165) is 23.2 Å². The van der Waals surface area contributed by atoms with Gasteiger partial charge in [0.15, 0.2) is 0 Å². The zero-order chi connectivity index (χ0) is 15.6. The molecular formula is C16H22N2O3. The molecule has 1 unspecified atom stereocenters. The van der Waals surface area contributed by atoms with E-state index in [1.165, 1.54) is 4.90 Å². The number of aliphatic carboxylic acids is 1. The van der Waals surface area contributed by atoms with Crippen LogP contribution in [0.1, 0.15) is 37.3 Å². The van der Waals surface area contributed by atoms with Crippen molar-refractivity contribution in [2.45, 2.75) is 45.6 Å². The monoisotopic (exact) mass is 290 g/mol. The molecule has 1 atom stereocenters. The van der Waals surface area contributed by atoms with Crippen molar-refractivity contribution in [2.24, 2.45) is 0 Å². The molecule has 114 valence electrons. The highest BCUT2D eigenvalue weighted by atomic mass is 16.4. The van der Waals surface area contributed by atoms with Crippen molar-refractivity contribution in [3.05, 3.63) is 29.3 Å². The Morgan fingerprint density at radius 3 is 2.71 bits per heavy atom. The van der Waals surface area contributed by atoms with Gasteiger partial charge in [-0.1, -0.05) is 19.1 Å². The predicted molar refractivity (Wildman–Crippen MR) is 81.5 cm³/mol. The van der Waals surface area contributed by atoms with Crippen molar-refractivity contribution in [2.75, 3.05) is 11.9 Å². The van der Waals surface area contributed by atoms with Crippen molar-refractivity contribution in [1.29, 1.82) is 0 Å². The Hall–Kier alpha value is -2.04. The van der Waals surface area contributed by atoms with Crippen LogP contribution in [-0.4, -0.2) is 34.1 Å². The van der Waals surface area contributed by atoms with Gasteiger partial charge in [0.05, 0.1) is 0 Å². The first-order chi connectivity index (χ1) is 9.92. The minimum absolute atomic E-state index is 0.328. The molecule has 21 heavy (non-hydrogen) atoms. The van der Waals surface area contributed by atoms with Crippen LogP contribution in [0.15, 0.2) is 18.2 Å². The summed E-state index contributed by atoms with van der Waals surface area (Å²) in [6, 6.07) is 5.37. The van der Waals surface area contributed by atoms with E-state index in [-0.39, 0.29) is 6.03 Å². The Balaban J connectivity index is 2.24. The summed E-state index contributed by atoms with van der Waals surface area (Å²) in [7, 11) is 0. The summed E-state index contributed by atoms with van der Waals surface area (Å²) in [4.78, 5) is 25.6. The third-order valence-corrected chi connectivity index (χ3v) is 4.56. The lowest BCUT2D eigenvalue weighted by Gasteiger charge is -2.34. The maximum absolute atomic E-state index is 12.5. The van der Waals surface area contributed by atoms with Crippen LogP contribution in [0, 0.1) is 13.8 Å². The van der Waals surface area contributed by atoms with Crippen LogP contribution in [0.5, 0.6) is 0 Å². The molecule has 0 aliphatic carbocycles. The van der Waals surface area contributed by atoms with E-state index < -0.39 is 11.5 Å². The molecule has 0 saturated carbocycles. The molecule has 0 aromatic heterocycles. The van der Waals surface area contributed by atoms with Gasteiger partial charge in [0.2, 0.25) is 0 Å². The van der Waals surface area contributed by atoms with Crippen LogP contribution in [0.25, 0.3) is 0 Å². The number of urea groups is 1. The zero-order valence-electron chi connectivity index (χ0n) is 12.8. The first kappa shape index (κ1) is 15.4. The van der Waals surface area contributed by atoms with E-state index in [1.807, 2.05) is 39.0 Å². The number of carbonyl (C=O) groups excluding carboxylic acids is 1. The Morgan fingerprint density at radius 2 is 2.10 bits per heavy atom. The predicted octanol–water partition coefficient (Wildman–Crippen LogP) is 3.16. The molecule has 0 spiro atoms. The van der Waals surface area contributed by atoms with Gasteiger partial charge >= 0.3 is 12.0 Å². The van der Waals surface area contributed by atoms with Gasteiger partial charge in [0, 0.05) is 12.2 Å². The Morgan fingerprint density at radius 1 is 1.38 bits per heavy atom. The lowest BCUT2D eigenvalue weighted by Crippen LogP contribution is -2.54. The summed E-state index contributed by atoms with van der Waals surface area (Å²) >= 11 is 0. The SMILES string of the molecule is CCC1(C(=O)O)CCCN1C(=O)Nc1cccc(C)c1C. The number of carboxylic acid groups (broad SMARTS) is 1. The fourth-order valence-corrected chi connectivity index (χ4v) is 2.98. The molecular weight excluding hydrogens is 268 g/mol. The van der Waals surface area contributed by atoms with Crippen LogP contribution in [0.4, 0.5) is 10.5 Å². The summed E-state index contributed by atoms with van der Waals surface area (Å²) in [5.41, 5.74) is 1.76. The van der Waals surface area contributed by atoms with Gasteiger partial charge in [-0.2, -0.15) is 0 Å². The van der Waals surface area contributed by atoms with Crippen molar-refractivity contribution < 1.29 is 14.7 Å². The van der Waals surface area contributed by atoms with Crippen LogP contribution in [0.2, 0.25) is 0 Å². The lowest BCUT2D eigenvalue weighted by molar-refractivity contribution is -0.148. The number of benzene rings is 1. The molecule has 2 rings (SSSR count). The second-order valence-electron chi connectivity index (χ2n) is 5.62. The number of amides is 2. The largest absolute Gasteiger partial charge is 0.479 e. The fraction of sp³-hybridized carbons (Fsp3) is 0.500. The number of carboxylic acids is 1. The summed E-state index contributed by atoms with van der Waals surface area (Å²) in [5.74, 6) is -0.918. The van der Waals surface area contributed by atoms with Gasteiger partial charge in [-0.3, -0.25) is 0 Å². The van der Waals surface area contributed by atoms with Crippen LogP contribution in [0.3, 0.4) is 0 Å². The standard InChI is InChI=1S/C16H22N2O3/c1-4-16(14(19)20)9-6-10-18(16)15(21)17-13-8-5-7-11(2)12(13)3/h5,7-8H,4,6,9-10H2,1-3H3,(H,17,21)(H,19,20). The molecule has 0 radical (unpaired) electrons. The van der Waals surface area contributed by atoms with Gasteiger partial charge in [0.25, 0.3) is 0 Å². The van der Waals surface area contributed by atoms with Crippen molar-refractivity contribution in [3.8, 4) is 0 Å². The molecule has 1 aliphatic rings. The highest BCUT2D eigenvalue weighted by Gasteiger charge is 2.48. The van der Waals surface area contributed by atoms with E-state index in [0.29, 0.717) is 19.4 Å². The van der Waals surface area contributed by atoms with E-state index in [4.69, 9.17) is 0 Å². The first-order valence-corrected chi connectivity index (χ1v) is 7.30. The van der Waals surface area contributed by atoms with E-state index >= 15 is 0 Å². The minimum atomic E-state index is -1.07. The second kappa shape index (κ2) is 5.76. The maximum atomic E-state index is 12.5. The van der Waals surface area contributed by atoms with Crippen LogP contribution >= 0.6 is 0 Å². The van der Waals surface area contributed by atoms with E-state index in [9.17, 15) is 14.7 Å². The van der Waals surface area contributed by atoms with Gasteiger partial charge in [-0.05, 0) is 50.3 Å². The Bertz CT molecular complexity index is 571. The quantitative estimate of drug-likeness (QED) is 0.898. The number of aryl methyl sites for hydroxylation is 1. The third-order valence-electron chi connectivity index (χ3n) is 4.56. The van der Waals surface area contributed by atoms with Crippen molar-refractivity contribution in [1.82, 2.24) is 4.90 Å². The molecule has 1 saturated heterocycles. The molecule has 0 bridgehead atoms. The molecule has 1 heterocycles. The van der Waals surface area contributed by atoms with Gasteiger partial charge in [-0.15, -0.1) is 0 Å². The average molecular weight is 290 g/mol. The smallest absolute Gasteiger partial charge is 0.329 e. The zero-order valence-corrected chi connectivity index (χ0v) is 12.8. The van der Waals surface area contributed by atoms with Gasteiger partial charge < -0.3 is 15.3 Å². The number of anilines is 1. The van der Waals surface area contributed by atoms with E-state index in [1.54, 1.807) is 0 Å². The molecule has 2 N–H and O–H groups in total. The average Bonchev–Trinajstić information content (AvgIpc) is 2.89. The summed E-state index contributed by atoms with van der Waals surface area (Å²) in [5, 5.41) is 12.4. The highest BCUT2D eigenvalue weighted by Crippen LogP contribution is 2.33. The third kappa shape index (κ3) is 2.60. The number of rotatable bonds is 3. The van der Waals surface area contributed by atoms with Crippen molar-refractivity contribution >= 4 is 17.7 Å². The number of carbonyl (C=O) groups is 2. The molecule has 1 aromatic rings. The van der Waals surface area contributed by atoms with Gasteiger partial charge in [-0.25, -0.2) is 9.59 Å². The Labute approximate surface area is 125 Å². The summed E-state index contributed by atoms with van der Waals surface area (Å²) < 4.78 is 0. The molecule has 5 nitrogen and oxygen atoms in total. The molecule has 1 aromatic carbocycles. The number of hydrogen-bond donors (Lipinski definition) is 2. The van der Waals surface area contributed by atoms with Crippen LogP contribution in [-0.2, 0) is 4.79 Å². The summed E-state index contributed by atoms with van der Waals surface area (Å²) in [6.07, 6.45) is 1.65. The topological polar surface area (TPSA) is 69.6 Å². The molecule has 1 fully saturated rings. The number of nitrogens with zero attached hydrogens (tertiary/aromatic N) is 1. The van der Waals surface area contributed by atoms with E-state index in [2.05, 4.69) is 5.32 Å². The number of likely N-dealkylation sites (tertiary alicyclic amines) is 1. The molecule has 2 amide bonds. The summed E-state index contributed by atoms with van der Waals surface area (Å²) in [6.45, 7) is 6.22.